The summed E-state index contributed by atoms with van der Waals surface area (Å²) in [6.07, 6.45) is -1.24. The van der Waals surface area contributed by atoms with Crippen molar-refractivity contribution in [3.05, 3.63) is 23.8 Å². The maximum Gasteiger partial charge on any atom is 0.422 e. The van der Waals surface area contributed by atoms with Crippen molar-refractivity contribution < 1.29 is 27.4 Å². The predicted octanol–water partition coefficient (Wildman–Crippen LogP) is 3.05. The van der Waals surface area contributed by atoms with E-state index in [9.17, 15) is 18.0 Å². The van der Waals surface area contributed by atoms with Gasteiger partial charge in [0.1, 0.15) is 0 Å². The van der Waals surface area contributed by atoms with Gasteiger partial charge in [-0.3, -0.25) is 4.79 Å². The highest BCUT2D eigenvalue weighted by atomic mass is 35.5. The number of ether oxygens (including phenoxy) is 2. The standard InChI is InChI=1S/C18H23F3N2O3.ClH/c1-25-14-6-10(2-5-13(14)26-9-18(19,20)21)8-23-17(24)15-11-3-4-12(7-11)16(15)22;/h2,5-6,11-12,15-16H,3-4,7-9,22H2,1H3,(H,23,24);1H. The molecular weight excluding hydrogens is 385 g/mol. The summed E-state index contributed by atoms with van der Waals surface area (Å²) in [7, 11) is 1.35. The molecule has 3 rings (SSSR count). The summed E-state index contributed by atoms with van der Waals surface area (Å²) >= 11 is 0. The second kappa shape index (κ2) is 8.56. The predicted molar refractivity (Wildman–Crippen MR) is 95.9 cm³/mol. The first kappa shape index (κ1) is 21.6. The maximum absolute atomic E-state index is 12.5. The van der Waals surface area contributed by atoms with Crippen molar-refractivity contribution in [2.45, 2.75) is 38.0 Å². The van der Waals surface area contributed by atoms with Gasteiger partial charge in [-0.1, -0.05) is 6.07 Å². The first-order valence-electron chi connectivity index (χ1n) is 8.68. The summed E-state index contributed by atoms with van der Waals surface area (Å²) in [4.78, 5) is 12.5. The van der Waals surface area contributed by atoms with Gasteiger partial charge in [0.05, 0.1) is 13.0 Å². The number of benzene rings is 1. The molecule has 152 valence electrons. The number of hydrogen-bond donors (Lipinski definition) is 2. The second-order valence-electron chi connectivity index (χ2n) is 7.04. The first-order chi connectivity index (χ1) is 12.3. The Morgan fingerprint density at radius 3 is 2.56 bits per heavy atom. The van der Waals surface area contributed by atoms with Crippen LogP contribution in [0.3, 0.4) is 0 Å². The van der Waals surface area contributed by atoms with Gasteiger partial charge in [0, 0.05) is 12.6 Å². The summed E-state index contributed by atoms with van der Waals surface area (Å²) in [5.41, 5.74) is 6.89. The molecule has 5 nitrogen and oxygen atoms in total. The molecule has 1 amide bonds. The van der Waals surface area contributed by atoms with E-state index in [1.54, 1.807) is 12.1 Å². The van der Waals surface area contributed by atoms with Crippen molar-refractivity contribution in [1.29, 1.82) is 0 Å². The highest BCUT2D eigenvalue weighted by Gasteiger charge is 2.48. The average Bonchev–Trinajstić information content (AvgIpc) is 3.18. The zero-order valence-electron chi connectivity index (χ0n) is 14.9. The number of hydrogen-bond acceptors (Lipinski definition) is 4. The number of carbonyl (C=O) groups is 1. The molecule has 0 aliphatic heterocycles. The van der Waals surface area contributed by atoms with Crippen molar-refractivity contribution in [1.82, 2.24) is 5.32 Å². The number of alkyl halides is 3. The maximum atomic E-state index is 12.5. The van der Waals surface area contributed by atoms with Gasteiger partial charge in [-0.05, 0) is 48.8 Å². The smallest absolute Gasteiger partial charge is 0.422 e. The number of halogens is 4. The summed E-state index contributed by atoms with van der Waals surface area (Å²) in [6, 6.07) is 4.50. The highest BCUT2D eigenvalue weighted by Crippen LogP contribution is 2.47. The van der Waals surface area contributed by atoms with Crippen LogP contribution in [0.4, 0.5) is 13.2 Å². The molecule has 27 heavy (non-hydrogen) atoms. The number of carbonyl (C=O) groups excluding carboxylic acids is 1. The molecule has 2 aliphatic carbocycles. The molecular formula is C18H24ClF3N2O3. The number of rotatable bonds is 6. The van der Waals surface area contributed by atoms with E-state index >= 15 is 0 Å². The molecule has 1 aromatic rings. The Morgan fingerprint density at radius 2 is 1.96 bits per heavy atom. The Morgan fingerprint density at radius 1 is 1.26 bits per heavy atom. The van der Waals surface area contributed by atoms with Crippen molar-refractivity contribution >= 4 is 18.3 Å². The third kappa shape index (κ3) is 4.99. The fourth-order valence-electron chi connectivity index (χ4n) is 4.13. The Bertz CT molecular complexity index is 670. The molecule has 1 aromatic carbocycles. The summed E-state index contributed by atoms with van der Waals surface area (Å²) in [5.74, 6) is 0.808. The van der Waals surface area contributed by atoms with Crippen LogP contribution in [0.1, 0.15) is 24.8 Å². The molecule has 9 heteroatoms. The average molecular weight is 409 g/mol. The molecule has 0 heterocycles. The molecule has 3 N–H and O–H groups in total. The van der Waals surface area contributed by atoms with E-state index in [1.807, 2.05) is 0 Å². The van der Waals surface area contributed by atoms with Crippen LogP contribution in [-0.4, -0.2) is 31.8 Å². The lowest BCUT2D eigenvalue weighted by atomic mass is 9.84. The van der Waals surface area contributed by atoms with Gasteiger partial charge < -0.3 is 20.5 Å². The van der Waals surface area contributed by atoms with Crippen molar-refractivity contribution in [2.24, 2.45) is 23.5 Å². The third-order valence-electron chi connectivity index (χ3n) is 5.37. The van der Waals surface area contributed by atoms with Crippen LogP contribution in [-0.2, 0) is 11.3 Å². The van der Waals surface area contributed by atoms with Crippen LogP contribution in [0, 0.1) is 17.8 Å². The second-order valence-corrected chi connectivity index (χ2v) is 7.04. The van der Waals surface area contributed by atoms with Crippen molar-refractivity contribution in [3.8, 4) is 11.5 Å². The first-order valence-corrected chi connectivity index (χ1v) is 8.68. The largest absolute Gasteiger partial charge is 0.493 e. The number of nitrogens with two attached hydrogens (primary N) is 1. The lowest BCUT2D eigenvalue weighted by Crippen LogP contribution is -2.45. The Kier molecular flexibility index (Phi) is 6.86. The van der Waals surface area contributed by atoms with Crippen LogP contribution >= 0.6 is 12.4 Å². The molecule has 4 atom stereocenters. The number of fused-ring (bicyclic) bond motifs is 2. The van der Waals surface area contributed by atoms with E-state index in [0.717, 1.165) is 19.3 Å². The lowest BCUT2D eigenvalue weighted by Gasteiger charge is -2.27. The van der Waals surface area contributed by atoms with Gasteiger partial charge in [0.2, 0.25) is 5.91 Å². The van der Waals surface area contributed by atoms with Gasteiger partial charge in [0.15, 0.2) is 18.1 Å². The van der Waals surface area contributed by atoms with Crippen molar-refractivity contribution in [2.75, 3.05) is 13.7 Å². The summed E-state index contributed by atoms with van der Waals surface area (Å²) < 4.78 is 46.7. The minimum atomic E-state index is -4.42. The van der Waals surface area contributed by atoms with Gasteiger partial charge in [0.25, 0.3) is 0 Å². The van der Waals surface area contributed by atoms with Crippen LogP contribution in [0.25, 0.3) is 0 Å². The molecule has 0 saturated heterocycles. The third-order valence-corrected chi connectivity index (χ3v) is 5.37. The minimum absolute atomic E-state index is 0. The summed E-state index contributed by atoms with van der Waals surface area (Å²) in [5, 5.41) is 2.89. The van der Waals surface area contributed by atoms with Crippen molar-refractivity contribution in [3.63, 3.8) is 0 Å². The van der Waals surface area contributed by atoms with Gasteiger partial charge in [-0.25, -0.2) is 0 Å². The Labute approximate surface area is 162 Å². The minimum Gasteiger partial charge on any atom is -0.493 e. The zero-order valence-corrected chi connectivity index (χ0v) is 15.7. The fourth-order valence-corrected chi connectivity index (χ4v) is 4.13. The van der Waals surface area contributed by atoms with E-state index in [2.05, 4.69) is 5.32 Å². The number of nitrogens with one attached hydrogen (secondary N) is 1. The molecule has 2 aliphatic rings. The van der Waals surface area contributed by atoms with E-state index in [0.29, 0.717) is 17.4 Å². The molecule has 0 aromatic heterocycles. The molecule has 0 spiro atoms. The molecule has 2 bridgehead atoms. The zero-order chi connectivity index (χ0) is 18.9. The number of amides is 1. The van der Waals surface area contributed by atoms with Crippen LogP contribution in [0.2, 0.25) is 0 Å². The van der Waals surface area contributed by atoms with Gasteiger partial charge in [-0.2, -0.15) is 13.2 Å². The molecule has 4 unspecified atom stereocenters. The van der Waals surface area contributed by atoms with Crippen LogP contribution in [0.5, 0.6) is 11.5 Å². The van der Waals surface area contributed by atoms with E-state index in [-0.39, 0.29) is 48.3 Å². The SMILES string of the molecule is COc1cc(CNC(=O)C2C3CCC(C3)C2N)ccc1OCC(F)(F)F.Cl. The van der Waals surface area contributed by atoms with E-state index < -0.39 is 12.8 Å². The topological polar surface area (TPSA) is 73.6 Å². The van der Waals surface area contributed by atoms with E-state index in [1.165, 1.54) is 13.2 Å². The fraction of sp³-hybridized carbons (Fsp3) is 0.611. The normalized spacial score (nSPS) is 26.4. The number of methoxy groups -OCH3 is 1. The quantitative estimate of drug-likeness (QED) is 0.758. The molecule has 2 fully saturated rings. The van der Waals surface area contributed by atoms with Crippen LogP contribution < -0.4 is 20.5 Å². The summed E-state index contributed by atoms with van der Waals surface area (Å²) in [6.45, 7) is -1.13. The van der Waals surface area contributed by atoms with Gasteiger partial charge in [-0.15, -0.1) is 12.4 Å². The van der Waals surface area contributed by atoms with Gasteiger partial charge >= 0.3 is 6.18 Å². The highest BCUT2D eigenvalue weighted by molar-refractivity contribution is 5.85. The monoisotopic (exact) mass is 408 g/mol. The lowest BCUT2D eigenvalue weighted by molar-refractivity contribution is -0.153. The van der Waals surface area contributed by atoms with Crippen LogP contribution in [0.15, 0.2) is 18.2 Å². The Balaban J connectivity index is 0.00000261. The molecule has 2 saturated carbocycles. The molecule has 0 radical (unpaired) electrons. The Hall–Kier alpha value is -1.67. The van der Waals surface area contributed by atoms with E-state index in [4.69, 9.17) is 15.2 Å².